The van der Waals surface area contributed by atoms with Crippen molar-refractivity contribution < 1.29 is 14.0 Å². The number of aromatic nitrogens is 4. The largest absolute Gasteiger partial charge is 0.497 e. The molecule has 0 aliphatic rings. The average Bonchev–Trinajstić information content (AvgIpc) is 3.35. The van der Waals surface area contributed by atoms with Crippen molar-refractivity contribution in [2.75, 3.05) is 14.2 Å². The van der Waals surface area contributed by atoms with E-state index in [9.17, 15) is 4.79 Å². The topological polar surface area (TPSA) is 95.2 Å². The van der Waals surface area contributed by atoms with Gasteiger partial charge in [0.1, 0.15) is 17.3 Å². The van der Waals surface area contributed by atoms with Crippen LogP contribution in [0.5, 0.6) is 11.5 Å². The molecule has 1 N–H and O–H groups in total. The molecule has 0 aliphatic heterocycles. The molecule has 3 aromatic heterocycles. The van der Waals surface area contributed by atoms with Gasteiger partial charge in [-0.05, 0) is 50.6 Å². The second-order valence-corrected chi connectivity index (χ2v) is 8.04. The number of rotatable bonds is 5. The Labute approximate surface area is 189 Å². The van der Waals surface area contributed by atoms with E-state index >= 15 is 0 Å². The van der Waals surface area contributed by atoms with Gasteiger partial charge in [0.25, 0.3) is 0 Å². The fraction of sp³-hybridized carbons (Fsp3) is 0.240. The van der Waals surface area contributed by atoms with Crippen LogP contribution in [0, 0.1) is 13.8 Å². The number of H-pyrrole nitrogens is 1. The minimum absolute atomic E-state index is 0.198. The lowest BCUT2D eigenvalue weighted by atomic mass is 10.00. The van der Waals surface area contributed by atoms with E-state index in [1.165, 1.54) is 0 Å². The number of methoxy groups -OCH3 is 2. The number of aromatic amines is 1. The van der Waals surface area contributed by atoms with E-state index in [0.29, 0.717) is 17.0 Å². The Bertz CT molecular complexity index is 1520. The third-order valence-electron chi connectivity index (χ3n) is 6.15. The number of hydrogen-bond donors (Lipinski definition) is 1. The third-order valence-corrected chi connectivity index (χ3v) is 6.15. The molecule has 0 radical (unpaired) electrons. The van der Waals surface area contributed by atoms with Crippen molar-refractivity contribution in [1.29, 1.82) is 0 Å². The monoisotopic (exact) mass is 444 g/mol. The first-order chi connectivity index (χ1) is 15.9. The van der Waals surface area contributed by atoms with E-state index in [-0.39, 0.29) is 11.7 Å². The Balaban J connectivity index is 1.76. The number of pyridine rings is 1. The molecule has 8 heteroatoms. The zero-order valence-electron chi connectivity index (χ0n) is 19.1. The molecule has 5 aromatic rings. The number of fused-ring (bicyclic) bond motifs is 3. The Morgan fingerprint density at radius 2 is 1.85 bits per heavy atom. The van der Waals surface area contributed by atoms with Crippen molar-refractivity contribution in [2.45, 2.75) is 26.8 Å². The average molecular weight is 444 g/mol. The summed E-state index contributed by atoms with van der Waals surface area (Å²) < 4.78 is 18.1. The maximum atomic E-state index is 13.0. The second kappa shape index (κ2) is 7.81. The van der Waals surface area contributed by atoms with E-state index in [1.54, 1.807) is 25.0 Å². The summed E-state index contributed by atoms with van der Waals surface area (Å²) in [6.45, 7) is 5.76. The zero-order valence-corrected chi connectivity index (χ0v) is 19.1. The Kier molecular flexibility index (Phi) is 4.92. The summed E-state index contributed by atoms with van der Waals surface area (Å²) in [5, 5.41) is 4.89. The minimum Gasteiger partial charge on any atom is -0.497 e. The Morgan fingerprint density at radius 1 is 1.09 bits per heavy atom. The number of aryl methyl sites for hydroxylation is 2. The van der Waals surface area contributed by atoms with Crippen LogP contribution in [0.1, 0.15) is 30.0 Å². The molecule has 2 aromatic carbocycles. The van der Waals surface area contributed by atoms with Gasteiger partial charge in [-0.15, -0.1) is 0 Å². The normalized spacial score (nSPS) is 12.4. The first-order valence-corrected chi connectivity index (χ1v) is 10.6. The van der Waals surface area contributed by atoms with Gasteiger partial charge in [0.2, 0.25) is 0 Å². The minimum atomic E-state index is -0.212. The standard InChI is InChI=1S/C25H24N4O4/c1-13-23(15(3)33-28-13)19-10-20-18(11-22(19)32-5)24-21(12-26-20)27-25(30)29(24)14(2)16-6-8-17(31-4)9-7-16/h6-12,14H,1-5H3,(H,27,30)/t14-/m1/s1. The molecule has 0 spiro atoms. The predicted molar refractivity (Wildman–Crippen MR) is 126 cm³/mol. The highest BCUT2D eigenvalue weighted by Crippen LogP contribution is 2.39. The molecule has 8 nitrogen and oxygen atoms in total. The molecule has 1 atom stereocenters. The number of imidazole rings is 1. The number of ether oxygens (including phenoxy) is 2. The van der Waals surface area contributed by atoms with Gasteiger partial charge in [-0.3, -0.25) is 9.55 Å². The van der Waals surface area contributed by atoms with E-state index in [0.717, 1.165) is 44.6 Å². The number of hydrogen-bond acceptors (Lipinski definition) is 6. The zero-order chi connectivity index (χ0) is 23.3. The molecule has 0 bridgehead atoms. The van der Waals surface area contributed by atoms with Gasteiger partial charge in [-0.2, -0.15) is 0 Å². The first kappa shape index (κ1) is 20.8. The van der Waals surface area contributed by atoms with Crippen molar-refractivity contribution in [3.63, 3.8) is 0 Å². The molecule has 0 amide bonds. The van der Waals surface area contributed by atoms with Crippen molar-refractivity contribution in [3.05, 3.63) is 70.1 Å². The SMILES string of the molecule is COc1ccc([C@@H](C)n2c(=O)[nH]c3cnc4cc(-c5c(C)noc5C)c(OC)cc4c32)cc1. The number of nitrogens with one attached hydrogen (secondary N) is 1. The molecular weight excluding hydrogens is 420 g/mol. The van der Waals surface area contributed by atoms with Gasteiger partial charge >= 0.3 is 5.69 Å². The molecular formula is C25H24N4O4. The molecule has 3 heterocycles. The Hall–Kier alpha value is -4.07. The lowest BCUT2D eigenvalue weighted by Crippen LogP contribution is -2.21. The van der Waals surface area contributed by atoms with E-state index in [4.69, 9.17) is 14.0 Å². The van der Waals surface area contributed by atoms with Crippen molar-refractivity contribution in [1.82, 2.24) is 19.7 Å². The summed E-state index contributed by atoms with van der Waals surface area (Å²) in [5.41, 5.74) is 5.48. The number of benzene rings is 2. The quantitative estimate of drug-likeness (QED) is 0.419. The van der Waals surface area contributed by atoms with Crippen LogP contribution in [-0.2, 0) is 0 Å². The van der Waals surface area contributed by atoms with Crippen LogP contribution in [0.25, 0.3) is 33.1 Å². The maximum absolute atomic E-state index is 13.0. The fourth-order valence-corrected chi connectivity index (χ4v) is 4.47. The molecule has 0 unspecified atom stereocenters. The van der Waals surface area contributed by atoms with Crippen LogP contribution < -0.4 is 15.2 Å². The predicted octanol–water partition coefficient (Wildman–Crippen LogP) is 4.78. The lowest BCUT2D eigenvalue weighted by Gasteiger charge is -2.16. The summed E-state index contributed by atoms with van der Waals surface area (Å²) in [6, 6.07) is 11.4. The highest BCUT2D eigenvalue weighted by molar-refractivity contribution is 6.04. The van der Waals surface area contributed by atoms with E-state index in [2.05, 4.69) is 15.1 Å². The van der Waals surface area contributed by atoms with Crippen molar-refractivity contribution in [2.24, 2.45) is 0 Å². The van der Waals surface area contributed by atoms with Gasteiger partial charge in [-0.25, -0.2) is 4.79 Å². The van der Waals surface area contributed by atoms with Gasteiger partial charge in [0, 0.05) is 10.9 Å². The smallest absolute Gasteiger partial charge is 0.327 e. The molecule has 0 fully saturated rings. The van der Waals surface area contributed by atoms with Crippen molar-refractivity contribution in [3.8, 4) is 22.6 Å². The fourth-order valence-electron chi connectivity index (χ4n) is 4.47. The summed E-state index contributed by atoms with van der Waals surface area (Å²) in [4.78, 5) is 20.6. The Morgan fingerprint density at radius 3 is 2.48 bits per heavy atom. The van der Waals surface area contributed by atoms with Crippen LogP contribution in [0.2, 0.25) is 0 Å². The molecule has 0 aliphatic carbocycles. The third kappa shape index (κ3) is 3.26. The van der Waals surface area contributed by atoms with Crippen LogP contribution in [0.4, 0.5) is 0 Å². The van der Waals surface area contributed by atoms with Crippen LogP contribution in [-0.4, -0.2) is 33.9 Å². The summed E-state index contributed by atoms with van der Waals surface area (Å²) in [7, 11) is 3.26. The molecule has 0 saturated carbocycles. The van der Waals surface area contributed by atoms with Gasteiger partial charge in [0.05, 0.1) is 54.3 Å². The summed E-state index contributed by atoms with van der Waals surface area (Å²) in [5.74, 6) is 2.13. The van der Waals surface area contributed by atoms with Crippen molar-refractivity contribution >= 4 is 21.9 Å². The highest BCUT2D eigenvalue weighted by Gasteiger charge is 2.21. The van der Waals surface area contributed by atoms with Crippen LogP contribution in [0.15, 0.2) is 51.9 Å². The molecule has 33 heavy (non-hydrogen) atoms. The highest BCUT2D eigenvalue weighted by atomic mass is 16.5. The maximum Gasteiger partial charge on any atom is 0.327 e. The second-order valence-electron chi connectivity index (χ2n) is 8.04. The molecule has 168 valence electrons. The van der Waals surface area contributed by atoms with Crippen LogP contribution >= 0.6 is 0 Å². The first-order valence-electron chi connectivity index (χ1n) is 10.6. The molecule has 0 saturated heterocycles. The molecule has 5 rings (SSSR count). The number of nitrogens with zero attached hydrogens (tertiary/aromatic N) is 3. The lowest BCUT2D eigenvalue weighted by molar-refractivity contribution is 0.393. The summed E-state index contributed by atoms with van der Waals surface area (Å²) >= 11 is 0. The van der Waals surface area contributed by atoms with Gasteiger partial charge < -0.3 is 19.0 Å². The van der Waals surface area contributed by atoms with Gasteiger partial charge in [-0.1, -0.05) is 17.3 Å². The summed E-state index contributed by atoms with van der Waals surface area (Å²) in [6.07, 6.45) is 1.69. The van der Waals surface area contributed by atoms with Gasteiger partial charge in [0.15, 0.2) is 0 Å². The van der Waals surface area contributed by atoms with Crippen LogP contribution in [0.3, 0.4) is 0 Å². The van der Waals surface area contributed by atoms with E-state index in [1.807, 2.05) is 57.2 Å². The van der Waals surface area contributed by atoms with E-state index < -0.39 is 0 Å².